The molecule has 178 valence electrons. The highest BCUT2D eigenvalue weighted by molar-refractivity contribution is 7.10. The van der Waals surface area contributed by atoms with Crippen LogP contribution in [-0.2, 0) is 9.53 Å². The number of carbonyl (C=O) groups excluding carboxylic acids is 1. The summed E-state index contributed by atoms with van der Waals surface area (Å²) in [5.41, 5.74) is 5.03. The maximum Gasteiger partial charge on any atom is 0.338 e. The lowest BCUT2D eigenvalue weighted by atomic mass is 10.0. The number of ether oxygens (including phenoxy) is 1. The molecule has 0 saturated carbocycles. The zero-order valence-corrected chi connectivity index (χ0v) is 21.6. The van der Waals surface area contributed by atoms with E-state index in [2.05, 4.69) is 41.6 Å². The van der Waals surface area contributed by atoms with Crippen LogP contribution in [0.5, 0.6) is 0 Å². The molecule has 0 fully saturated rings. The van der Waals surface area contributed by atoms with E-state index in [0.29, 0.717) is 20.6 Å². The third-order valence-electron chi connectivity index (χ3n) is 6.10. The lowest BCUT2D eigenvalue weighted by Gasteiger charge is -2.23. The highest BCUT2D eigenvalue weighted by Gasteiger charge is 2.33. The molecule has 0 bridgehead atoms. The zero-order valence-electron chi connectivity index (χ0n) is 19.9. The Hall–Kier alpha value is -3.49. The van der Waals surface area contributed by atoms with Crippen molar-refractivity contribution in [3.8, 4) is 5.69 Å². The number of carbonyl (C=O) groups is 1. The summed E-state index contributed by atoms with van der Waals surface area (Å²) in [6, 6.07) is 15.6. The predicted molar refractivity (Wildman–Crippen MR) is 140 cm³/mol. The largest absolute Gasteiger partial charge is 0.463 e. The summed E-state index contributed by atoms with van der Waals surface area (Å²) in [5, 5.41) is 1.95. The monoisotopic (exact) mass is 503 g/mol. The van der Waals surface area contributed by atoms with E-state index in [1.165, 1.54) is 22.7 Å². The number of hydrogen-bond donors (Lipinski definition) is 0. The van der Waals surface area contributed by atoms with Crippen molar-refractivity contribution in [2.24, 2.45) is 4.99 Å². The number of rotatable bonds is 5. The Bertz CT molecular complexity index is 1620. The van der Waals surface area contributed by atoms with Crippen molar-refractivity contribution in [1.82, 2.24) is 9.13 Å². The fourth-order valence-electron chi connectivity index (χ4n) is 4.56. The van der Waals surface area contributed by atoms with Gasteiger partial charge in [0, 0.05) is 22.0 Å². The lowest BCUT2D eigenvalue weighted by Crippen LogP contribution is -2.39. The molecule has 0 saturated heterocycles. The summed E-state index contributed by atoms with van der Waals surface area (Å²) in [6.07, 6.45) is 1.93. The van der Waals surface area contributed by atoms with E-state index in [-0.39, 0.29) is 12.2 Å². The molecule has 8 heteroatoms. The molecule has 0 N–H and O–H groups in total. The standard InChI is InChI=1S/C27H25N3O3S2/c1-5-33-26(32)23-17(3)28-27-30(24(23)21-12-9-13-34-21)25(31)22(35-27)15-19-14-16(2)29(18(19)4)20-10-7-6-8-11-20/h6-15,24H,5H2,1-4H3/b22-15+/t24-/m0/s1. The summed E-state index contributed by atoms with van der Waals surface area (Å²) < 4.78 is 9.73. The highest BCUT2D eigenvalue weighted by Crippen LogP contribution is 2.33. The molecule has 1 aliphatic heterocycles. The van der Waals surface area contributed by atoms with Crippen molar-refractivity contribution in [1.29, 1.82) is 0 Å². The third-order valence-corrected chi connectivity index (χ3v) is 8.01. The summed E-state index contributed by atoms with van der Waals surface area (Å²) >= 11 is 2.85. The molecule has 6 nitrogen and oxygen atoms in total. The smallest absolute Gasteiger partial charge is 0.338 e. The Balaban J connectivity index is 1.68. The molecule has 0 radical (unpaired) electrons. The number of nitrogens with zero attached hydrogens (tertiary/aromatic N) is 3. The number of aromatic nitrogens is 2. The number of benzene rings is 1. The normalized spacial score (nSPS) is 15.8. The van der Waals surface area contributed by atoms with E-state index in [1.54, 1.807) is 18.4 Å². The minimum Gasteiger partial charge on any atom is -0.463 e. The first-order valence-electron chi connectivity index (χ1n) is 11.4. The second kappa shape index (κ2) is 9.28. The Morgan fingerprint density at radius 1 is 1.14 bits per heavy atom. The number of para-hydroxylation sites is 1. The number of allylic oxidation sites excluding steroid dienone is 1. The van der Waals surface area contributed by atoms with Crippen LogP contribution < -0.4 is 14.9 Å². The topological polar surface area (TPSA) is 65.6 Å². The van der Waals surface area contributed by atoms with Crippen molar-refractivity contribution >= 4 is 34.7 Å². The maximum absolute atomic E-state index is 13.7. The third kappa shape index (κ3) is 4.02. The Morgan fingerprint density at radius 3 is 2.60 bits per heavy atom. The number of fused-ring (bicyclic) bond motifs is 1. The van der Waals surface area contributed by atoms with E-state index in [1.807, 2.05) is 41.8 Å². The van der Waals surface area contributed by atoms with Crippen LogP contribution in [0, 0.1) is 13.8 Å². The first kappa shape index (κ1) is 23.3. The molecular formula is C27H25N3O3S2. The van der Waals surface area contributed by atoms with Crippen LogP contribution in [0.25, 0.3) is 11.8 Å². The van der Waals surface area contributed by atoms with Gasteiger partial charge in [0.05, 0.1) is 22.4 Å². The number of thiophene rings is 1. The summed E-state index contributed by atoms with van der Waals surface area (Å²) in [7, 11) is 0. The molecule has 4 heterocycles. The van der Waals surface area contributed by atoms with E-state index in [4.69, 9.17) is 4.74 Å². The number of thiazole rings is 1. The van der Waals surface area contributed by atoms with Crippen LogP contribution in [0.3, 0.4) is 0 Å². The maximum atomic E-state index is 13.7. The average molecular weight is 504 g/mol. The van der Waals surface area contributed by atoms with Crippen molar-refractivity contribution in [3.63, 3.8) is 0 Å². The van der Waals surface area contributed by atoms with Crippen LogP contribution in [0.4, 0.5) is 0 Å². The second-order valence-corrected chi connectivity index (χ2v) is 10.3. The number of aryl methyl sites for hydroxylation is 1. The molecule has 1 aromatic carbocycles. The number of hydrogen-bond acceptors (Lipinski definition) is 6. The van der Waals surface area contributed by atoms with Crippen molar-refractivity contribution < 1.29 is 9.53 Å². The van der Waals surface area contributed by atoms with Gasteiger partial charge in [-0.3, -0.25) is 9.36 Å². The van der Waals surface area contributed by atoms with Gasteiger partial charge in [-0.25, -0.2) is 9.79 Å². The predicted octanol–water partition coefficient (Wildman–Crippen LogP) is 4.27. The fourth-order valence-corrected chi connectivity index (χ4v) is 6.42. The lowest BCUT2D eigenvalue weighted by molar-refractivity contribution is -0.139. The van der Waals surface area contributed by atoms with E-state index < -0.39 is 12.0 Å². The quantitative estimate of drug-likeness (QED) is 0.382. The summed E-state index contributed by atoms with van der Waals surface area (Å²) in [6.45, 7) is 7.95. The van der Waals surface area contributed by atoms with Gasteiger partial charge in [0.1, 0.15) is 6.04 Å². The van der Waals surface area contributed by atoms with Crippen LogP contribution in [0.15, 0.2) is 75.0 Å². The van der Waals surface area contributed by atoms with Crippen LogP contribution in [-0.4, -0.2) is 21.7 Å². The van der Waals surface area contributed by atoms with Crippen LogP contribution in [0.2, 0.25) is 0 Å². The van der Waals surface area contributed by atoms with Gasteiger partial charge >= 0.3 is 5.97 Å². The van der Waals surface area contributed by atoms with Crippen molar-refractivity contribution in [2.45, 2.75) is 33.7 Å². The fraction of sp³-hybridized carbons (Fsp3) is 0.222. The molecule has 1 atom stereocenters. The minimum absolute atomic E-state index is 0.161. The van der Waals surface area contributed by atoms with Crippen LogP contribution >= 0.6 is 22.7 Å². The van der Waals surface area contributed by atoms with E-state index in [0.717, 1.165) is 27.5 Å². The molecule has 0 aliphatic carbocycles. The summed E-state index contributed by atoms with van der Waals surface area (Å²) in [4.78, 5) is 32.8. The molecule has 5 rings (SSSR count). The Labute approximate surface area is 210 Å². The molecule has 0 unspecified atom stereocenters. The molecule has 0 spiro atoms. The van der Waals surface area contributed by atoms with Gasteiger partial charge in [0.15, 0.2) is 4.80 Å². The molecule has 4 aromatic rings. The zero-order chi connectivity index (χ0) is 24.7. The van der Waals surface area contributed by atoms with Gasteiger partial charge in [-0.1, -0.05) is 35.6 Å². The van der Waals surface area contributed by atoms with E-state index >= 15 is 0 Å². The van der Waals surface area contributed by atoms with Gasteiger partial charge in [-0.2, -0.15) is 0 Å². The molecule has 1 aliphatic rings. The highest BCUT2D eigenvalue weighted by atomic mass is 32.1. The SMILES string of the molecule is CCOC(=O)C1=C(C)N=c2s/c(=C/c3cc(C)n(-c4ccccc4)c3C)c(=O)n2[C@H]1c1cccs1. The molecular weight excluding hydrogens is 478 g/mol. The summed E-state index contributed by atoms with van der Waals surface area (Å²) in [5.74, 6) is -0.437. The van der Waals surface area contributed by atoms with E-state index in [9.17, 15) is 9.59 Å². The van der Waals surface area contributed by atoms with Gasteiger partial charge in [-0.15, -0.1) is 11.3 Å². The second-order valence-electron chi connectivity index (χ2n) is 8.32. The minimum atomic E-state index is -0.552. The Morgan fingerprint density at radius 2 is 1.91 bits per heavy atom. The van der Waals surface area contributed by atoms with Gasteiger partial charge in [0.2, 0.25) is 0 Å². The first-order valence-corrected chi connectivity index (χ1v) is 13.1. The van der Waals surface area contributed by atoms with Crippen molar-refractivity contribution in [2.75, 3.05) is 6.61 Å². The molecule has 0 amide bonds. The van der Waals surface area contributed by atoms with Crippen molar-refractivity contribution in [3.05, 3.63) is 107 Å². The van der Waals surface area contributed by atoms with Gasteiger partial charge in [-0.05, 0) is 69.0 Å². The van der Waals surface area contributed by atoms with Gasteiger partial charge in [0.25, 0.3) is 5.56 Å². The van der Waals surface area contributed by atoms with Crippen LogP contribution in [0.1, 0.15) is 41.7 Å². The molecule has 35 heavy (non-hydrogen) atoms. The first-order chi connectivity index (χ1) is 16.9. The average Bonchev–Trinajstić information content (AvgIpc) is 3.53. The Kier molecular flexibility index (Phi) is 6.17. The molecule has 3 aromatic heterocycles. The van der Waals surface area contributed by atoms with Gasteiger partial charge < -0.3 is 9.30 Å². The number of esters is 1.